The first kappa shape index (κ1) is 28.9. The number of hydrogen-bond donors (Lipinski definition) is 2. The number of likely N-dealkylation sites (tertiary alicyclic amines) is 1. The fraction of sp³-hybridized carbons (Fsp3) is 0.457. The number of aliphatic hydroxyl groups is 1. The summed E-state index contributed by atoms with van der Waals surface area (Å²) in [6, 6.07) is 18.0. The molecule has 46 heavy (non-hydrogen) atoms. The summed E-state index contributed by atoms with van der Waals surface area (Å²) in [5.74, 6) is 1.11. The molecule has 2 saturated carbocycles. The van der Waals surface area contributed by atoms with Crippen LogP contribution in [0.5, 0.6) is 5.75 Å². The molecule has 2 aliphatic carbocycles. The Hall–Kier alpha value is -4.51. The first-order chi connectivity index (χ1) is 22.3. The number of fused-ring (bicyclic) bond motifs is 1. The number of amides is 3. The minimum Gasteiger partial charge on any atom is -0.491 e. The van der Waals surface area contributed by atoms with Crippen molar-refractivity contribution in [2.45, 2.75) is 67.9 Å². The van der Waals surface area contributed by atoms with Gasteiger partial charge in [-0.05, 0) is 74.8 Å². The molecule has 5 heterocycles. The summed E-state index contributed by atoms with van der Waals surface area (Å²) in [6.07, 6.45) is 7.69. The number of carbonyl (C=O) groups is 2. The molecular formula is C35H39N7O4. The lowest BCUT2D eigenvalue weighted by molar-refractivity contribution is -0.135. The van der Waals surface area contributed by atoms with E-state index in [0.717, 1.165) is 36.9 Å². The van der Waals surface area contributed by atoms with E-state index in [1.807, 2.05) is 42.2 Å². The van der Waals surface area contributed by atoms with Crippen molar-refractivity contribution in [3.05, 3.63) is 89.6 Å². The van der Waals surface area contributed by atoms with Crippen LogP contribution in [0.25, 0.3) is 5.65 Å². The summed E-state index contributed by atoms with van der Waals surface area (Å²) in [4.78, 5) is 39.2. The molecule has 1 unspecified atom stereocenters. The predicted octanol–water partition coefficient (Wildman–Crippen LogP) is 3.69. The Bertz CT molecular complexity index is 1780. The Kier molecular flexibility index (Phi) is 6.79. The normalized spacial score (nSPS) is 21.3. The zero-order valence-corrected chi connectivity index (χ0v) is 26.1. The topological polar surface area (TPSA) is 125 Å². The van der Waals surface area contributed by atoms with E-state index >= 15 is 0 Å². The molecule has 8 rings (SSSR count). The number of β-amino-alcohol motifs (C(OH)–C–C–N with tert-alkyl or cyclic N) is 1. The van der Waals surface area contributed by atoms with Crippen molar-refractivity contribution in [2.24, 2.45) is 0 Å². The SMILES string of the molecule is Cc1cc(OCC2(c3ccccc3)CC2)cn2nc(C(O)CN3CC4(CCN(C(=O)C5(c6ccccn6)CC5)CC4)NC3=O)nc12. The first-order valence-electron chi connectivity index (χ1n) is 16.3. The van der Waals surface area contributed by atoms with Crippen LogP contribution in [0, 0.1) is 6.92 Å². The van der Waals surface area contributed by atoms with Crippen molar-refractivity contribution in [3.8, 4) is 5.75 Å². The van der Waals surface area contributed by atoms with Gasteiger partial charge in [0.2, 0.25) is 5.91 Å². The van der Waals surface area contributed by atoms with Gasteiger partial charge in [0.25, 0.3) is 0 Å². The lowest BCUT2D eigenvalue weighted by atomic mass is 9.87. The largest absolute Gasteiger partial charge is 0.491 e. The average Bonchev–Trinajstić information content (AvgIpc) is 3.99. The van der Waals surface area contributed by atoms with Gasteiger partial charge in [0.05, 0.1) is 36.0 Å². The van der Waals surface area contributed by atoms with Gasteiger partial charge in [0, 0.05) is 31.2 Å². The van der Waals surface area contributed by atoms with Gasteiger partial charge in [-0.2, -0.15) is 0 Å². The number of nitrogens with zero attached hydrogens (tertiary/aromatic N) is 6. The highest BCUT2D eigenvalue weighted by Gasteiger charge is 2.55. The molecule has 2 saturated heterocycles. The number of pyridine rings is 2. The van der Waals surface area contributed by atoms with Crippen LogP contribution in [-0.4, -0.2) is 84.8 Å². The van der Waals surface area contributed by atoms with Gasteiger partial charge < -0.3 is 25.0 Å². The van der Waals surface area contributed by atoms with E-state index in [2.05, 4.69) is 44.6 Å². The predicted molar refractivity (Wildman–Crippen MR) is 169 cm³/mol. The highest BCUT2D eigenvalue weighted by Crippen LogP contribution is 2.50. The fourth-order valence-electron chi connectivity index (χ4n) is 7.33. The third-order valence-corrected chi connectivity index (χ3v) is 10.5. The summed E-state index contributed by atoms with van der Waals surface area (Å²) >= 11 is 0. The molecule has 1 spiro atoms. The second-order valence-electron chi connectivity index (χ2n) is 13.7. The van der Waals surface area contributed by atoms with E-state index in [9.17, 15) is 14.7 Å². The van der Waals surface area contributed by atoms with Crippen molar-refractivity contribution in [3.63, 3.8) is 0 Å². The number of aryl methyl sites for hydroxylation is 1. The monoisotopic (exact) mass is 621 g/mol. The van der Waals surface area contributed by atoms with Crippen molar-refractivity contribution < 1.29 is 19.4 Å². The second kappa shape index (κ2) is 10.8. The Labute approximate surface area is 267 Å². The second-order valence-corrected chi connectivity index (χ2v) is 13.7. The van der Waals surface area contributed by atoms with E-state index in [4.69, 9.17) is 4.74 Å². The molecule has 11 heteroatoms. The van der Waals surface area contributed by atoms with Crippen LogP contribution >= 0.6 is 0 Å². The van der Waals surface area contributed by atoms with Crippen molar-refractivity contribution in [1.29, 1.82) is 0 Å². The Morgan fingerprint density at radius 3 is 2.50 bits per heavy atom. The molecule has 2 N–H and O–H groups in total. The quantitative estimate of drug-likeness (QED) is 0.292. The Morgan fingerprint density at radius 2 is 1.80 bits per heavy atom. The zero-order valence-electron chi connectivity index (χ0n) is 26.1. The lowest BCUT2D eigenvalue weighted by Gasteiger charge is -2.40. The molecule has 2 aliphatic heterocycles. The van der Waals surface area contributed by atoms with Crippen LogP contribution in [0.2, 0.25) is 0 Å². The molecule has 4 aliphatic rings. The van der Waals surface area contributed by atoms with Gasteiger partial charge in [-0.1, -0.05) is 36.4 Å². The standard InChI is InChI=1S/C35H39N7O4/c1-24-19-26(46-23-33(10-11-33)25-7-3-2-4-8-25)20-42-30(24)37-29(39-42)27(43)21-41-22-34(38-32(41)45)14-17-40(18-15-34)31(44)35(12-13-35)28-9-5-6-16-36-28/h2-9,16,19-20,27,43H,10-15,17-18,21-23H2,1H3,(H,38,45). The van der Waals surface area contributed by atoms with E-state index in [1.54, 1.807) is 21.8 Å². The fourth-order valence-corrected chi connectivity index (χ4v) is 7.33. The number of benzene rings is 1. The number of ether oxygens (including phenoxy) is 1. The highest BCUT2D eigenvalue weighted by atomic mass is 16.5. The average molecular weight is 622 g/mol. The smallest absolute Gasteiger partial charge is 0.318 e. The summed E-state index contributed by atoms with van der Waals surface area (Å²) in [6.45, 7) is 4.24. The summed E-state index contributed by atoms with van der Waals surface area (Å²) in [5.41, 5.74) is 2.83. The third kappa shape index (κ3) is 5.06. The number of aromatic nitrogens is 4. The number of carbonyl (C=O) groups excluding carboxylic acids is 2. The van der Waals surface area contributed by atoms with Gasteiger partial charge in [-0.3, -0.25) is 9.78 Å². The summed E-state index contributed by atoms with van der Waals surface area (Å²) in [5, 5.41) is 18.9. The van der Waals surface area contributed by atoms with Crippen molar-refractivity contribution >= 4 is 17.6 Å². The maximum Gasteiger partial charge on any atom is 0.318 e. The van der Waals surface area contributed by atoms with Crippen LogP contribution in [0.3, 0.4) is 0 Å². The van der Waals surface area contributed by atoms with Gasteiger partial charge in [-0.15, -0.1) is 5.10 Å². The minimum atomic E-state index is -1.05. The van der Waals surface area contributed by atoms with E-state index < -0.39 is 17.1 Å². The first-order valence-corrected chi connectivity index (χ1v) is 16.3. The van der Waals surface area contributed by atoms with Gasteiger partial charge in [0.1, 0.15) is 11.9 Å². The van der Waals surface area contributed by atoms with Crippen LogP contribution in [0.4, 0.5) is 4.79 Å². The van der Waals surface area contributed by atoms with Crippen LogP contribution in [-0.2, 0) is 15.6 Å². The molecule has 238 valence electrons. The lowest BCUT2D eigenvalue weighted by Crippen LogP contribution is -2.55. The zero-order chi connectivity index (χ0) is 31.5. The van der Waals surface area contributed by atoms with E-state index in [-0.39, 0.29) is 29.7 Å². The number of urea groups is 1. The number of rotatable bonds is 9. The van der Waals surface area contributed by atoms with Gasteiger partial charge in [0.15, 0.2) is 11.5 Å². The van der Waals surface area contributed by atoms with Crippen molar-refractivity contribution in [1.82, 2.24) is 34.7 Å². The minimum absolute atomic E-state index is 0.0622. The number of piperidine rings is 1. The molecule has 0 bridgehead atoms. The van der Waals surface area contributed by atoms with Crippen LogP contribution in [0.1, 0.15) is 67.3 Å². The molecular weight excluding hydrogens is 582 g/mol. The molecule has 4 aromatic rings. The Morgan fingerprint density at radius 1 is 1.04 bits per heavy atom. The maximum atomic E-state index is 13.5. The maximum absolute atomic E-state index is 13.5. The summed E-state index contributed by atoms with van der Waals surface area (Å²) in [7, 11) is 0. The van der Waals surface area contributed by atoms with Crippen LogP contribution < -0.4 is 10.1 Å². The van der Waals surface area contributed by atoms with Gasteiger partial charge >= 0.3 is 6.03 Å². The summed E-state index contributed by atoms with van der Waals surface area (Å²) < 4.78 is 7.91. The number of nitrogens with one attached hydrogen (secondary N) is 1. The molecule has 11 nitrogen and oxygen atoms in total. The number of hydrogen-bond acceptors (Lipinski definition) is 7. The third-order valence-electron chi connectivity index (χ3n) is 10.5. The number of aliphatic hydroxyl groups excluding tert-OH is 1. The van der Waals surface area contributed by atoms with E-state index in [0.29, 0.717) is 50.5 Å². The molecule has 1 aromatic carbocycles. The molecule has 3 amide bonds. The molecule has 1 atom stereocenters. The van der Waals surface area contributed by atoms with Gasteiger partial charge in [-0.25, -0.2) is 14.3 Å². The molecule has 4 fully saturated rings. The molecule has 3 aromatic heterocycles. The highest BCUT2D eigenvalue weighted by molar-refractivity contribution is 5.91. The van der Waals surface area contributed by atoms with Crippen LogP contribution in [0.15, 0.2) is 67.0 Å². The van der Waals surface area contributed by atoms with E-state index in [1.165, 1.54) is 5.56 Å². The van der Waals surface area contributed by atoms with Crippen molar-refractivity contribution in [2.75, 3.05) is 32.8 Å². The Balaban J connectivity index is 0.893. The molecule has 0 radical (unpaired) electrons.